The quantitative estimate of drug-likeness (QED) is 0.408. The summed E-state index contributed by atoms with van der Waals surface area (Å²) in [6.45, 7) is 4.33. The first kappa shape index (κ1) is 14.8. The molecule has 0 spiro atoms. The van der Waals surface area contributed by atoms with Crippen molar-refractivity contribution in [2.24, 2.45) is 23.7 Å². The van der Waals surface area contributed by atoms with Crippen molar-refractivity contribution in [1.82, 2.24) is 4.90 Å². The zero-order valence-electron chi connectivity index (χ0n) is 13.3. The van der Waals surface area contributed by atoms with Crippen LogP contribution in [0.4, 0.5) is 0 Å². The Labute approximate surface area is 127 Å². The van der Waals surface area contributed by atoms with Crippen LogP contribution in [-0.4, -0.2) is 22.8 Å². The second-order valence-electron chi connectivity index (χ2n) is 6.98. The molecule has 2 fully saturated rings. The van der Waals surface area contributed by atoms with Gasteiger partial charge in [-0.25, -0.2) is 0 Å². The van der Waals surface area contributed by atoms with Crippen LogP contribution in [0, 0.1) is 23.7 Å². The Morgan fingerprint density at radius 3 is 2.14 bits per heavy atom. The van der Waals surface area contributed by atoms with Crippen molar-refractivity contribution < 1.29 is 9.59 Å². The van der Waals surface area contributed by atoms with Crippen molar-refractivity contribution in [3.8, 4) is 0 Å². The van der Waals surface area contributed by atoms with E-state index in [9.17, 15) is 9.59 Å². The molecule has 0 radical (unpaired) electrons. The maximum atomic E-state index is 12.8. The number of likely N-dealkylation sites (tertiary alicyclic amines) is 1. The van der Waals surface area contributed by atoms with Gasteiger partial charge in [0.1, 0.15) is 0 Å². The fourth-order valence-electron chi connectivity index (χ4n) is 4.65. The van der Waals surface area contributed by atoms with Gasteiger partial charge < -0.3 is 0 Å². The fourth-order valence-corrected chi connectivity index (χ4v) is 4.65. The van der Waals surface area contributed by atoms with Gasteiger partial charge in [0.15, 0.2) is 0 Å². The lowest BCUT2D eigenvalue weighted by Gasteiger charge is -2.27. The molecule has 1 saturated heterocycles. The summed E-state index contributed by atoms with van der Waals surface area (Å²) in [4.78, 5) is 27.3. The highest BCUT2D eigenvalue weighted by atomic mass is 16.2. The SMILES string of the molecule is CCCCCC(CCC)N1C(=O)C2C3C=CC(C3)C2C1=O. The number of imide groups is 1. The highest BCUT2D eigenvalue weighted by molar-refractivity contribution is 6.06. The topological polar surface area (TPSA) is 37.4 Å². The largest absolute Gasteiger partial charge is 0.279 e. The van der Waals surface area contributed by atoms with Gasteiger partial charge in [-0.05, 0) is 31.1 Å². The van der Waals surface area contributed by atoms with E-state index >= 15 is 0 Å². The van der Waals surface area contributed by atoms with E-state index in [1.165, 1.54) is 12.8 Å². The molecule has 116 valence electrons. The molecular formula is C18H27NO2. The van der Waals surface area contributed by atoms with Gasteiger partial charge in [-0.2, -0.15) is 0 Å². The number of hydrogen-bond acceptors (Lipinski definition) is 2. The minimum absolute atomic E-state index is 0.0296. The normalized spacial score (nSPS) is 34.9. The summed E-state index contributed by atoms with van der Waals surface area (Å²) >= 11 is 0. The first-order chi connectivity index (χ1) is 10.2. The maximum absolute atomic E-state index is 12.8. The van der Waals surface area contributed by atoms with Gasteiger partial charge in [0.2, 0.25) is 11.8 Å². The molecule has 1 aliphatic heterocycles. The minimum Gasteiger partial charge on any atom is -0.279 e. The monoisotopic (exact) mass is 289 g/mol. The lowest BCUT2D eigenvalue weighted by Crippen LogP contribution is -2.41. The second kappa shape index (κ2) is 5.94. The number of fused-ring (bicyclic) bond motifs is 5. The summed E-state index contributed by atoms with van der Waals surface area (Å²) < 4.78 is 0. The summed E-state index contributed by atoms with van der Waals surface area (Å²) in [7, 11) is 0. The molecule has 3 aliphatic rings. The summed E-state index contributed by atoms with van der Waals surface area (Å²) in [5.74, 6) is 0.878. The molecular weight excluding hydrogens is 262 g/mol. The van der Waals surface area contributed by atoms with Crippen LogP contribution in [0.3, 0.4) is 0 Å². The van der Waals surface area contributed by atoms with Crippen LogP contribution in [0.1, 0.15) is 58.8 Å². The Hall–Kier alpha value is -1.12. The molecule has 1 saturated carbocycles. The zero-order valence-corrected chi connectivity index (χ0v) is 13.3. The zero-order chi connectivity index (χ0) is 15.0. The first-order valence-corrected chi connectivity index (χ1v) is 8.74. The number of carbonyl (C=O) groups excluding carboxylic acids is 2. The van der Waals surface area contributed by atoms with Gasteiger partial charge >= 0.3 is 0 Å². The third-order valence-corrected chi connectivity index (χ3v) is 5.63. The molecule has 0 aromatic carbocycles. The summed E-state index contributed by atoms with van der Waals surface area (Å²) in [5, 5.41) is 0. The molecule has 0 N–H and O–H groups in total. The number of allylic oxidation sites excluding steroid dienone is 2. The molecule has 3 heteroatoms. The summed E-state index contributed by atoms with van der Waals surface area (Å²) in [6.07, 6.45) is 11.8. The molecule has 5 atom stereocenters. The highest BCUT2D eigenvalue weighted by Crippen LogP contribution is 2.53. The molecule has 3 rings (SSSR count). The number of nitrogens with zero attached hydrogens (tertiary/aromatic N) is 1. The van der Waals surface area contributed by atoms with Crippen LogP contribution in [0.15, 0.2) is 12.2 Å². The molecule has 5 unspecified atom stereocenters. The second-order valence-corrected chi connectivity index (χ2v) is 6.98. The number of unbranched alkanes of at least 4 members (excludes halogenated alkanes) is 2. The van der Waals surface area contributed by atoms with Gasteiger partial charge in [-0.3, -0.25) is 14.5 Å². The van der Waals surface area contributed by atoms with Gasteiger partial charge in [0.05, 0.1) is 11.8 Å². The highest BCUT2D eigenvalue weighted by Gasteiger charge is 2.60. The molecule has 2 amide bonds. The maximum Gasteiger partial charge on any atom is 0.233 e. The van der Waals surface area contributed by atoms with Crippen LogP contribution in [0.25, 0.3) is 0 Å². The standard InChI is InChI=1S/C18H27NO2/c1-3-5-6-8-14(7-4-2)19-17(20)15-12-9-10-13(11-12)16(15)18(19)21/h9-10,12-16H,3-8,11H2,1-2H3. The first-order valence-electron chi connectivity index (χ1n) is 8.74. The van der Waals surface area contributed by atoms with Gasteiger partial charge in [-0.15, -0.1) is 0 Å². The summed E-state index contributed by atoms with van der Waals surface area (Å²) in [5.41, 5.74) is 0. The molecule has 1 heterocycles. The number of hydrogen-bond donors (Lipinski definition) is 0. The van der Waals surface area contributed by atoms with Gasteiger partial charge in [0, 0.05) is 6.04 Å². The van der Waals surface area contributed by atoms with Crippen molar-refractivity contribution in [1.29, 1.82) is 0 Å². The molecule has 0 aromatic rings. The lowest BCUT2D eigenvalue weighted by molar-refractivity contribution is -0.143. The number of rotatable bonds is 7. The Kier molecular flexibility index (Phi) is 4.19. The average molecular weight is 289 g/mol. The van der Waals surface area contributed by atoms with E-state index < -0.39 is 0 Å². The van der Waals surface area contributed by atoms with Crippen LogP contribution in [0.5, 0.6) is 0 Å². The van der Waals surface area contributed by atoms with Gasteiger partial charge in [0.25, 0.3) is 0 Å². The fraction of sp³-hybridized carbons (Fsp3) is 0.778. The molecule has 0 aromatic heterocycles. The van der Waals surface area contributed by atoms with E-state index in [1.54, 1.807) is 4.90 Å². The molecule has 2 bridgehead atoms. The van der Waals surface area contributed by atoms with Crippen LogP contribution in [0.2, 0.25) is 0 Å². The molecule has 2 aliphatic carbocycles. The number of carbonyl (C=O) groups is 2. The molecule has 21 heavy (non-hydrogen) atoms. The third kappa shape index (κ3) is 2.35. The Bertz CT molecular complexity index is 426. The predicted molar refractivity (Wildman–Crippen MR) is 82.4 cm³/mol. The van der Waals surface area contributed by atoms with E-state index in [0.717, 1.165) is 32.1 Å². The van der Waals surface area contributed by atoms with Crippen molar-refractivity contribution in [2.75, 3.05) is 0 Å². The van der Waals surface area contributed by atoms with Crippen LogP contribution < -0.4 is 0 Å². The van der Waals surface area contributed by atoms with E-state index in [0.29, 0.717) is 11.8 Å². The van der Waals surface area contributed by atoms with Crippen molar-refractivity contribution in [3.63, 3.8) is 0 Å². The number of amides is 2. The third-order valence-electron chi connectivity index (χ3n) is 5.63. The Morgan fingerprint density at radius 1 is 1.00 bits per heavy atom. The Balaban J connectivity index is 1.75. The molecule has 3 nitrogen and oxygen atoms in total. The minimum atomic E-state index is -0.0296. The van der Waals surface area contributed by atoms with Crippen molar-refractivity contribution >= 4 is 11.8 Å². The van der Waals surface area contributed by atoms with Crippen LogP contribution in [-0.2, 0) is 9.59 Å². The van der Waals surface area contributed by atoms with Crippen molar-refractivity contribution in [2.45, 2.75) is 64.8 Å². The van der Waals surface area contributed by atoms with E-state index in [4.69, 9.17) is 0 Å². The Morgan fingerprint density at radius 2 is 1.62 bits per heavy atom. The summed E-state index contributed by atoms with van der Waals surface area (Å²) in [6, 6.07) is 0.145. The predicted octanol–water partition coefficient (Wildman–Crippen LogP) is 3.54. The van der Waals surface area contributed by atoms with Crippen LogP contribution >= 0.6 is 0 Å². The van der Waals surface area contributed by atoms with Crippen molar-refractivity contribution in [3.05, 3.63) is 12.2 Å². The average Bonchev–Trinajstić information content (AvgIpc) is 3.13. The lowest BCUT2D eigenvalue weighted by atomic mass is 9.85. The smallest absolute Gasteiger partial charge is 0.233 e. The van der Waals surface area contributed by atoms with E-state index in [2.05, 4.69) is 26.0 Å². The van der Waals surface area contributed by atoms with E-state index in [-0.39, 0.29) is 29.7 Å². The van der Waals surface area contributed by atoms with Gasteiger partial charge in [-0.1, -0.05) is 51.7 Å². The van der Waals surface area contributed by atoms with E-state index in [1.807, 2.05) is 0 Å².